The van der Waals surface area contributed by atoms with Gasteiger partial charge in [-0.15, -0.1) is 0 Å². The summed E-state index contributed by atoms with van der Waals surface area (Å²) < 4.78 is 5.41. The molecule has 0 aliphatic carbocycles. The number of anilines is 1. The molecule has 0 spiro atoms. The zero-order valence-electron chi connectivity index (χ0n) is 9.36. The summed E-state index contributed by atoms with van der Waals surface area (Å²) in [6, 6.07) is 10.0. The van der Waals surface area contributed by atoms with Crippen molar-refractivity contribution in [2.24, 2.45) is 0 Å². The first-order valence-electron chi connectivity index (χ1n) is 5.10. The molecular weight excluding hydrogens is 327 g/mol. The molecule has 0 fully saturated rings. The van der Waals surface area contributed by atoms with E-state index in [2.05, 4.69) is 10.3 Å². The Bertz CT molecular complexity index is 584. The Morgan fingerprint density at radius 3 is 2.21 bits per heavy atom. The van der Waals surface area contributed by atoms with Crippen molar-refractivity contribution < 1.29 is 4.74 Å². The summed E-state index contributed by atoms with van der Waals surface area (Å²) in [6.07, 6.45) is 0. The van der Waals surface area contributed by atoms with Crippen LogP contribution >= 0.6 is 47.0 Å². The largest absolute Gasteiger partial charge is 0.432 e. The summed E-state index contributed by atoms with van der Waals surface area (Å²) in [5.74, 6) is 0.577. The Kier molecular flexibility index (Phi) is 4.82. The smallest absolute Gasteiger partial charge is 0.266 e. The highest BCUT2D eigenvalue weighted by Crippen LogP contribution is 2.20. The molecule has 0 atom stereocenters. The monoisotopic (exact) mass is 332 g/mol. The van der Waals surface area contributed by atoms with E-state index >= 15 is 0 Å². The first-order chi connectivity index (χ1) is 9.02. The van der Waals surface area contributed by atoms with Crippen LogP contribution in [0.5, 0.6) is 5.75 Å². The zero-order chi connectivity index (χ0) is 13.8. The van der Waals surface area contributed by atoms with Gasteiger partial charge in [-0.2, -0.15) is 0 Å². The van der Waals surface area contributed by atoms with E-state index in [-0.39, 0.29) is 15.5 Å². The van der Waals surface area contributed by atoms with Crippen LogP contribution < -0.4 is 10.1 Å². The molecule has 0 aliphatic rings. The molecule has 1 aromatic carbocycles. The Balaban J connectivity index is 2.03. The van der Waals surface area contributed by atoms with E-state index in [0.717, 1.165) is 0 Å². The van der Waals surface area contributed by atoms with E-state index in [9.17, 15) is 0 Å². The van der Waals surface area contributed by atoms with Gasteiger partial charge in [0.15, 0.2) is 0 Å². The van der Waals surface area contributed by atoms with Crippen molar-refractivity contribution in [3.8, 4) is 5.75 Å². The quantitative estimate of drug-likeness (QED) is 0.631. The Labute approximate surface area is 130 Å². The lowest BCUT2D eigenvalue weighted by molar-refractivity contribution is 0.563. The number of ether oxygens (including phenoxy) is 1. The van der Waals surface area contributed by atoms with Crippen molar-refractivity contribution in [1.29, 1.82) is 0 Å². The van der Waals surface area contributed by atoms with E-state index in [4.69, 9.17) is 51.8 Å². The van der Waals surface area contributed by atoms with Gasteiger partial charge in [0.1, 0.15) is 16.1 Å². The number of hydrogen-bond acceptors (Lipinski definition) is 3. The van der Waals surface area contributed by atoms with Crippen LogP contribution in [0.1, 0.15) is 0 Å². The Hall–Kier alpha value is -1.07. The molecule has 2 aromatic rings. The van der Waals surface area contributed by atoms with Crippen LogP contribution in [0.2, 0.25) is 15.3 Å². The van der Waals surface area contributed by atoms with Gasteiger partial charge in [0, 0.05) is 10.7 Å². The second-order valence-corrected chi connectivity index (χ2v) is 5.05. The predicted octanol–water partition coefficient (Wildman–Crippen LogP) is 4.82. The highest BCUT2D eigenvalue weighted by Gasteiger charge is 2.04. The SMILES string of the molecule is S=C(Nc1cc(Cl)nc(Cl)c1)Oc1ccc(Cl)cc1. The van der Waals surface area contributed by atoms with E-state index in [1.54, 1.807) is 36.4 Å². The number of nitrogens with one attached hydrogen (secondary N) is 1. The average molecular weight is 334 g/mol. The van der Waals surface area contributed by atoms with Crippen molar-refractivity contribution in [2.75, 3.05) is 5.32 Å². The second kappa shape index (κ2) is 6.39. The fourth-order valence-electron chi connectivity index (χ4n) is 1.29. The standard InChI is InChI=1S/C12H7Cl3N2OS/c13-7-1-3-9(4-2-7)18-12(19)16-8-5-10(14)17-11(15)6-8/h1-6H,(H,16,17,19). The first-order valence-corrected chi connectivity index (χ1v) is 6.64. The number of hydrogen-bond donors (Lipinski definition) is 1. The molecule has 0 saturated carbocycles. The van der Waals surface area contributed by atoms with Gasteiger partial charge in [0.05, 0.1) is 0 Å². The molecular formula is C12H7Cl3N2OS. The molecule has 7 heteroatoms. The molecule has 0 unspecified atom stereocenters. The van der Waals surface area contributed by atoms with Crippen molar-refractivity contribution in [2.45, 2.75) is 0 Å². The molecule has 1 heterocycles. The lowest BCUT2D eigenvalue weighted by Crippen LogP contribution is -2.16. The van der Waals surface area contributed by atoms with Gasteiger partial charge < -0.3 is 10.1 Å². The minimum absolute atomic E-state index is 0.167. The third kappa shape index (κ3) is 4.51. The topological polar surface area (TPSA) is 34.2 Å². The summed E-state index contributed by atoms with van der Waals surface area (Å²) in [7, 11) is 0. The van der Waals surface area contributed by atoms with Crippen molar-refractivity contribution >= 4 is 57.9 Å². The molecule has 0 amide bonds. The maximum atomic E-state index is 5.78. The summed E-state index contributed by atoms with van der Waals surface area (Å²) >= 11 is 22.4. The van der Waals surface area contributed by atoms with Crippen LogP contribution in [-0.4, -0.2) is 10.2 Å². The van der Waals surface area contributed by atoms with Crippen molar-refractivity contribution in [3.05, 3.63) is 51.7 Å². The first kappa shape index (κ1) is 14.3. The molecule has 0 radical (unpaired) electrons. The van der Waals surface area contributed by atoms with Crippen LogP contribution in [0.25, 0.3) is 0 Å². The fraction of sp³-hybridized carbons (Fsp3) is 0. The zero-order valence-corrected chi connectivity index (χ0v) is 12.4. The summed E-state index contributed by atoms with van der Waals surface area (Å²) in [4.78, 5) is 3.83. The van der Waals surface area contributed by atoms with Gasteiger partial charge >= 0.3 is 0 Å². The normalized spacial score (nSPS) is 10.1. The van der Waals surface area contributed by atoms with Gasteiger partial charge in [0.25, 0.3) is 5.17 Å². The van der Waals surface area contributed by atoms with Crippen LogP contribution in [0.4, 0.5) is 5.69 Å². The number of pyridine rings is 1. The molecule has 1 N–H and O–H groups in total. The number of benzene rings is 1. The number of aromatic nitrogens is 1. The van der Waals surface area contributed by atoms with Gasteiger partial charge in [0.2, 0.25) is 0 Å². The molecule has 0 saturated heterocycles. The van der Waals surface area contributed by atoms with E-state index in [0.29, 0.717) is 16.5 Å². The summed E-state index contributed by atoms with van der Waals surface area (Å²) in [5.41, 5.74) is 0.601. The molecule has 0 aliphatic heterocycles. The highest BCUT2D eigenvalue weighted by molar-refractivity contribution is 7.80. The summed E-state index contributed by atoms with van der Waals surface area (Å²) in [5, 5.41) is 4.18. The average Bonchev–Trinajstić information content (AvgIpc) is 2.30. The van der Waals surface area contributed by atoms with Gasteiger partial charge in [-0.25, -0.2) is 4.98 Å². The van der Waals surface area contributed by atoms with E-state index < -0.39 is 0 Å². The van der Waals surface area contributed by atoms with E-state index in [1.807, 2.05) is 0 Å². The lowest BCUT2D eigenvalue weighted by Gasteiger charge is -2.09. The highest BCUT2D eigenvalue weighted by atomic mass is 35.5. The number of rotatable bonds is 2. The molecule has 2 rings (SSSR count). The number of nitrogens with zero attached hydrogens (tertiary/aromatic N) is 1. The molecule has 3 nitrogen and oxygen atoms in total. The lowest BCUT2D eigenvalue weighted by atomic mass is 10.3. The van der Waals surface area contributed by atoms with Gasteiger partial charge in [-0.1, -0.05) is 34.8 Å². The predicted molar refractivity (Wildman–Crippen MR) is 82.6 cm³/mol. The van der Waals surface area contributed by atoms with Crippen LogP contribution in [-0.2, 0) is 0 Å². The van der Waals surface area contributed by atoms with E-state index in [1.165, 1.54) is 0 Å². The third-order valence-corrected chi connectivity index (χ3v) is 2.86. The maximum absolute atomic E-state index is 5.78. The van der Waals surface area contributed by atoms with Crippen LogP contribution in [0.3, 0.4) is 0 Å². The minimum atomic E-state index is 0.167. The third-order valence-electron chi connectivity index (χ3n) is 2.03. The van der Waals surface area contributed by atoms with Crippen molar-refractivity contribution in [3.63, 3.8) is 0 Å². The summed E-state index contributed by atoms with van der Waals surface area (Å²) in [6.45, 7) is 0. The number of halogens is 3. The fourth-order valence-corrected chi connectivity index (χ4v) is 2.09. The van der Waals surface area contributed by atoms with Crippen molar-refractivity contribution in [1.82, 2.24) is 4.98 Å². The molecule has 98 valence electrons. The van der Waals surface area contributed by atoms with Gasteiger partial charge in [-0.05, 0) is 48.6 Å². The minimum Gasteiger partial charge on any atom is -0.432 e. The van der Waals surface area contributed by atoms with Gasteiger partial charge in [-0.3, -0.25) is 0 Å². The Morgan fingerprint density at radius 1 is 1.05 bits per heavy atom. The molecule has 19 heavy (non-hydrogen) atoms. The molecule has 1 aromatic heterocycles. The Morgan fingerprint density at radius 2 is 1.63 bits per heavy atom. The van der Waals surface area contributed by atoms with Crippen LogP contribution in [0.15, 0.2) is 36.4 Å². The maximum Gasteiger partial charge on any atom is 0.266 e. The second-order valence-electron chi connectivity index (χ2n) is 3.47. The molecule has 0 bridgehead atoms. The number of thiocarbonyl (C=S) groups is 1. The van der Waals surface area contributed by atoms with Crippen LogP contribution in [0, 0.1) is 0 Å².